The first-order valence-electron chi connectivity index (χ1n) is 8.82. The number of hydrogen-bond donors (Lipinski definition) is 1. The summed E-state index contributed by atoms with van der Waals surface area (Å²) in [6, 6.07) is 10.1. The predicted octanol–water partition coefficient (Wildman–Crippen LogP) is 4.31. The van der Waals surface area contributed by atoms with Crippen molar-refractivity contribution in [2.75, 3.05) is 18.5 Å². The maximum atomic E-state index is 13.7. The molecule has 142 valence electrons. The number of rotatable bonds is 4. The van der Waals surface area contributed by atoms with E-state index in [-0.39, 0.29) is 17.3 Å². The Morgan fingerprint density at radius 1 is 1.26 bits per heavy atom. The van der Waals surface area contributed by atoms with Gasteiger partial charge in [0, 0.05) is 24.9 Å². The lowest BCUT2D eigenvalue weighted by atomic mass is 10.1. The van der Waals surface area contributed by atoms with Gasteiger partial charge >= 0.3 is 6.18 Å². The number of hydrogen-bond acceptors (Lipinski definition) is 4. The lowest BCUT2D eigenvalue weighted by Gasteiger charge is -2.13. The summed E-state index contributed by atoms with van der Waals surface area (Å²) in [5.74, 6) is 0.473. The number of halogens is 3. The smallest absolute Gasteiger partial charge is 0.376 e. The van der Waals surface area contributed by atoms with Crippen molar-refractivity contribution in [3.63, 3.8) is 0 Å². The van der Waals surface area contributed by atoms with Crippen LogP contribution in [0, 0.1) is 6.92 Å². The number of benzene rings is 1. The van der Waals surface area contributed by atoms with Gasteiger partial charge in [0.2, 0.25) is 0 Å². The first kappa shape index (κ1) is 17.8. The van der Waals surface area contributed by atoms with E-state index in [1.165, 1.54) is 4.52 Å². The number of ether oxygens (including phenoxy) is 1. The number of fused-ring (bicyclic) bond motifs is 1. The lowest BCUT2D eigenvalue weighted by Crippen LogP contribution is -2.20. The van der Waals surface area contributed by atoms with Gasteiger partial charge in [-0.05, 0) is 25.3 Å². The van der Waals surface area contributed by atoms with E-state index < -0.39 is 11.9 Å². The van der Waals surface area contributed by atoms with Crippen molar-refractivity contribution in [3.05, 3.63) is 47.8 Å². The van der Waals surface area contributed by atoms with E-state index in [2.05, 4.69) is 15.4 Å². The van der Waals surface area contributed by atoms with E-state index in [0.29, 0.717) is 23.6 Å². The van der Waals surface area contributed by atoms with Crippen LogP contribution >= 0.6 is 0 Å². The molecule has 0 radical (unpaired) electrons. The maximum Gasteiger partial charge on any atom is 0.435 e. The third-order valence-electron chi connectivity index (χ3n) is 4.58. The molecule has 3 aromatic rings. The van der Waals surface area contributed by atoms with E-state index in [1.807, 2.05) is 0 Å². The Morgan fingerprint density at radius 3 is 2.70 bits per heavy atom. The van der Waals surface area contributed by atoms with Gasteiger partial charge in [-0.25, -0.2) is 4.98 Å². The fourth-order valence-corrected chi connectivity index (χ4v) is 3.36. The molecule has 1 fully saturated rings. The molecule has 3 heterocycles. The van der Waals surface area contributed by atoms with Crippen molar-refractivity contribution in [2.24, 2.45) is 0 Å². The van der Waals surface area contributed by atoms with Crippen LogP contribution in [0.4, 0.5) is 19.0 Å². The summed E-state index contributed by atoms with van der Waals surface area (Å²) in [5, 5.41) is 7.05. The van der Waals surface area contributed by atoms with Crippen LogP contribution in [0.5, 0.6) is 0 Å². The van der Waals surface area contributed by atoms with Gasteiger partial charge in [-0.2, -0.15) is 22.8 Å². The summed E-state index contributed by atoms with van der Waals surface area (Å²) in [6.07, 6.45) is -2.60. The second-order valence-electron chi connectivity index (χ2n) is 6.62. The standard InChI is InChI=1S/C19H19F3N4O/c1-12-10-15(23-11-14-8-5-9-27-14)26-18(24-12)16(13-6-3-2-4-7-13)17(25-26)19(20,21)22/h2-4,6-7,10,14,23H,5,8-9,11H2,1H3. The molecular weight excluding hydrogens is 357 g/mol. The molecule has 1 unspecified atom stereocenters. The van der Waals surface area contributed by atoms with E-state index in [4.69, 9.17) is 4.74 Å². The third-order valence-corrected chi connectivity index (χ3v) is 4.58. The maximum absolute atomic E-state index is 13.7. The number of alkyl halides is 3. The number of nitrogens with zero attached hydrogens (tertiary/aromatic N) is 3. The highest BCUT2D eigenvalue weighted by Gasteiger charge is 2.39. The van der Waals surface area contributed by atoms with Crippen LogP contribution < -0.4 is 5.32 Å². The Hall–Kier alpha value is -2.61. The molecule has 1 aromatic carbocycles. The zero-order valence-electron chi connectivity index (χ0n) is 14.8. The van der Waals surface area contributed by atoms with Gasteiger partial charge in [-0.1, -0.05) is 30.3 Å². The Bertz CT molecular complexity index is 947. The third kappa shape index (κ3) is 3.49. The van der Waals surface area contributed by atoms with E-state index >= 15 is 0 Å². The molecule has 1 saturated heterocycles. The van der Waals surface area contributed by atoms with Crippen molar-refractivity contribution in [1.29, 1.82) is 0 Å². The van der Waals surface area contributed by atoms with Gasteiger partial charge in [-0.15, -0.1) is 0 Å². The summed E-state index contributed by atoms with van der Waals surface area (Å²) in [7, 11) is 0. The SMILES string of the molecule is Cc1cc(NCC2CCCO2)n2nc(C(F)(F)F)c(-c3ccccc3)c2n1. The predicted molar refractivity (Wildman–Crippen MR) is 95.6 cm³/mol. The van der Waals surface area contributed by atoms with Crippen LogP contribution in [0.25, 0.3) is 16.8 Å². The van der Waals surface area contributed by atoms with Gasteiger partial charge in [0.05, 0.1) is 11.7 Å². The van der Waals surface area contributed by atoms with Crippen LogP contribution in [0.15, 0.2) is 36.4 Å². The topological polar surface area (TPSA) is 51.5 Å². The first-order chi connectivity index (χ1) is 12.9. The molecule has 0 amide bonds. The minimum atomic E-state index is -4.58. The monoisotopic (exact) mass is 376 g/mol. The normalized spacial score (nSPS) is 17.6. The molecule has 27 heavy (non-hydrogen) atoms. The number of aromatic nitrogens is 3. The molecule has 8 heteroatoms. The molecule has 0 aliphatic carbocycles. The molecule has 1 aliphatic heterocycles. The minimum Gasteiger partial charge on any atom is -0.376 e. The zero-order chi connectivity index (χ0) is 19.0. The van der Waals surface area contributed by atoms with Crippen LogP contribution in [0.2, 0.25) is 0 Å². The fourth-order valence-electron chi connectivity index (χ4n) is 3.36. The van der Waals surface area contributed by atoms with Crippen molar-refractivity contribution in [1.82, 2.24) is 14.6 Å². The molecule has 2 aromatic heterocycles. The van der Waals surface area contributed by atoms with Crippen LogP contribution in [-0.2, 0) is 10.9 Å². The fraction of sp³-hybridized carbons (Fsp3) is 0.368. The molecule has 0 spiro atoms. The average Bonchev–Trinajstić information content (AvgIpc) is 3.27. The highest BCUT2D eigenvalue weighted by molar-refractivity contribution is 5.81. The average molecular weight is 376 g/mol. The van der Waals surface area contributed by atoms with E-state index in [9.17, 15) is 13.2 Å². The first-order valence-corrected chi connectivity index (χ1v) is 8.82. The van der Waals surface area contributed by atoms with Crippen LogP contribution in [0.1, 0.15) is 24.2 Å². The Labute approximate surface area is 154 Å². The largest absolute Gasteiger partial charge is 0.435 e. The molecule has 0 bridgehead atoms. The van der Waals surface area contributed by atoms with Gasteiger partial charge in [0.1, 0.15) is 5.82 Å². The van der Waals surface area contributed by atoms with Crippen molar-refractivity contribution < 1.29 is 17.9 Å². The molecule has 4 rings (SSSR count). The molecule has 0 saturated carbocycles. The summed E-state index contributed by atoms with van der Waals surface area (Å²) >= 11 is 0. The number of aryl methyl sites for hydroxylation is 1. The zero-order valence-corrected chi connectivity index (χ0v) is 14.8. The lowest BCUT2D eigenvalue weighted by molar-refractivity contribution is -0.140. The van der Waals surface area contributed by atoms with Gasteiger partial charge in [-0.3, -0.25) is 0 Å². The molecule has 1 N–H and O–H groups in total. The molecule has 5 nitrogen and oxygen atoms in total. The Kier molecular flexibility index (Phi) is 4.51. The van der Waals surface area contributed by atoms with E-state index in [0.717, 1.165) is 19.4 Å². The second-order valence-corrected chi connectivity index (χ2v) is 6.62. The Morgan fingerprint density at radius 2 is 2.04 bits per heavy atom. The van der Waals surface area contributed by atoms with Gasteiger partial charge < -0.3 is 10.1 Å². The summed E-state index contributed by atoms with van der Waals surface area (Å²) < 4.78 is 47.9. The summed E-state index contributed by atoms with van der Waals surface area (Å²) in [6.45, 7) is 2.99. The highest BCUT2D eigenvalue weighted by Crippen LogP contribution is 2.39. The van der Waals surface area contributed by atoms with Gasteiger partial charge in [0.25, 0.3) is 0 Å². The van der Waals surface area contributed by atoms with Gasteiger partial charge in [0.15, 0.2) is 11.3 Å². The van der Waals surface area contributed by atoms with E-state index in [1.54, 1.807) is 43.3 Å². The second kappa shape index (κ2) is 6.84. The van der Waals surface area contributed by atoms with Crippen molar-refractivity contribution >= 4 is 11.5 Å². The quantitative estimate of drug-likeness (QED) is 0.737. The van der Waals surface area contributed by atoms with Crippen LogP contribution in [0.3, 0.4) is 0 Å². The summed E-state index contributed by atoms with van der Waals surface area (Å²) in [5.41, 5.74) is 0.286. The molecule has 1 atom stereocenters. The molecular formula is C19H19F3N4O. The number of anilines is 1. The molecule has 1 aliphatic rings. The minimum absolute atomic E-state index is 0.00744. The summed E-state index contributed by atoms with van der Waals surface area (Å²) in [4.78, 5) is 4.36. The van der Waals surface area contributed by atoms with Crippen LogP contribution in [-0.4, -0.2) is 33.9 Å². The highest BCUT2D eigenvalue weighted by atomic mass is 19.4. The van der Waals surface area contributed by atoms with Crippen molar-refractivity contribution in [2.45, 2.75) is 32.0 Å². The Balaban J connectivity index is 1.85. The number of nitrogens with one attached hydrogen (secondary N) is 1. The van der Waals surface area contributed by atoms with Crippen molar-refractivity contribution in [3.8, 4) is 11.1 Å².